The number of para-hydroxylation sites is 1. The molecule has 3 heteroatoms. The van der Waals surface area contributed by atoms with Crippen LogP contribution in [0.1, 0.15) is 11.1 Å². The Kier molecular flexibility index (Phi) is 3.18. The Morgan fingerprint density at radius 3 is 2.89 bits per heavy atom. The minimum Gasteiger partial charge on any atom is -0.247 e. The molecular formula is C15H12BrNS. The number of alkyl halides is 1. The topological polar surface area (TPSA) is 12.9 Å². The molecular weight excluding hydrogens is 306 g/mol. The highest BCUT2D eigenvalue weighted by Crippen LogP contribution is 2.29. The molecule has 0 radical (unpaired) electrons. The summed E-state index contributed by atoms with van der Waals surface area (Å²) in [6, 6.07) is 10.7. The van der Waals surface area contributed by atoms with Crippen molar-refractivity contribution in [3.05, 3.63) is 52.2 Å². The third-order valence-corrected chi connectivity index (χ3v) is 4.35. The van der Waals surface area contributed by atoms with Crippen LogP contribution in [0.25, 0.3) is 22.2 Å². The smallest absolute Gasteiger partial charge is 0.0758 e. The average molecular weight is 318 g/mol. The Morgan fingerprint density at radius 1 is 1.28 bits per heavy atom. The quantitative estimate of drug-likeness (QED) is 0.594. The molecule has 0 spiro atoms. The van der Waals surface area contributed by atoms with Crippen LogP contribution in [0.15, 0.2) is 41.1 Å². The van der Waals surface area contributed by atoms with Crippen molar-refractivity contribution in [2.24, 2.45) is 0 Å². The Labute approximate surface area is 119 Å². The van der Waals surface area contributed by atoms with E-state index in [1.54, 1.807) is 11.3 Å². The molecule has 1 aromatic carbocycles. The molecule has 1 nitrogen and oxygen atoms in total. The van der Waals surface area contributed by atoms with Gasteiger partial charge in [0, 0.05) is 21.7 Å². The van der Waals surface area contributed by atoms with E-state index in [4.69, 9.17) is 4.98 Å². The number of hydrogen-bond acceptors (Lipinski definition) is 2. The van der Waals surface area contributed by atoms with Gasteiger partial charge in [-0.3, -0.25) is 0 Å². The van der Waals surface area contributed by atoms with Crippen molar-refractivity contribution in [2.45, 2.75) is 12.3 Å². The van der Waals surface area contributed by atoms with Gasteiger partial charge in [-0.1, -0.05) is 34.1 Å². The molecule has 2 heterocycles. The number of rotatable bonds is 2. The number of hydrogen-bond donors (Lipinski definition) is 0. The number of pyridine rings is 1. The summed E-state index contributed by atoms with van der Waals surface area (Å²) < 4.78 is 0. The van der Waals surface area contributed by atoms with Crippen LogP contribution in [-0.2, 0) is 5.33 Å². The lowest BCUT2D eigenvalue weighted by atomic mass is 10.0. The molecule has 0 unspecified atom stereocenters. The van der Waals surface area contributed by atoms with E-state index in [0.717, 1.165) is 16.5 Å². The minimum absolute atomic E-state index is 0.828. The standard InChI is InChI=1S/C15H12BrNS/c1-10-3-2-4-11-7-13(8-16)15(17-14(10)11)12-5-6-18-9-12/h2-7,9H,8H2,1H3. The summed E-state index contributed by atoms with van der Waals surface area (Å²) in [6.45, 7) is 2.11. The molecule has 0 aliphatic carbocycles. The summed E-state index contributed by atoms with van der Waals surface area (Å²) in [4.78, 5) is 4.86. The van der Waals surface area contributed by atoms with E-state index in [0.29, 0.717) is 0 Å². The number of aryl methyl sites for hydroxylation is 1. The number of halogens is 1. The van der Waals surface area contributed by atoms with Gasteiger partial charge in [-0.05, 0) is 35.6 Å². The zero-order chi connectivity index (χ0) is 12.5. The van der Waals surface area contributed by atoms with Gasteiger partial charge in [-0.2, -0.15) is 11.3 Å². The van der Waals surface area contributed by atoms with E-state index in [2.05, 4.69) is 63.9 Å². The van der Waals surface area contributed by atoms with Crippen molar-refractivity contribution in [1.29, 1.82) is 0 Å². The van der Waals surface area contributed by atoms with Gasteiger partial charge in [-0.25, -0.2) is 4.98 Å². The summed E-state index contributed by atoms with van der Waals surface area (Å²) >= 11 is 5.27. The molecule has 2 aromatic heterocycles. The lowest BCUT2D eigenvalue weighted by Crippen LogP contribution is -1.92. The molecule has 90 valence electrons. The Bertz CT molecular complexity index is 689. The second kappa shape index (κ2) is 4.82. The van der Waals surface area contributed by atoms with E-state index < -0.39 is 0 Å². The van der Waals surface area contributed by atoms with Gasteiger partial charge in [0.2, 0.25) is 0 Å². The van der Waals surface area contributed by atoms with E-state index in [-0.39, 0.29) is 0 Å². The van der Waals surface area contributed by atoms with Crippen LogP contribution < -0.4 is 0 Å². The van der Waals surface area contributed by atoms with Crippen molar-refractivity contribution in [3.63, 3.8) is 0 Å². The van der Waals surface area contributed by atoms with E-state index in [9.17, 15) is 0 Å². The van der Waals surface area contributed by atoms with Gasteiger partial charge >= 0.3 is 0 Å². The molecule has 0 atom stereocenters. The van der Waals surface area contributed by atoms with Crippen LogP contribution >= 0.6 is 27.3 Å². The predicted octanol–water partition coefficient (Wildman–Crippen LogP) is 5.17. The number of fused-ring (bicyclic) bond motifs is 1. The average Bonchev–Trinajstić information content (AvgIpc) is 2.91. The van der Waals surface area contributed by atoms with Crippen molar-refractivity contribution >= 4 is 38.2 Å². The fourth-order valence-corrected chi connectivity index (χ4v) is 3.21. The third kappa shape index (κ3) is 1.98. The molecule has 3 rings (SSSR count). The van der Waals surface area contributed by atoms with Gasteiger partial charge in [-0.15, -0.1) is 0 Å². The van der Waals surface area contributed by atoms with Crippen LogP contribution in [0, 0.1) is 6.92 Å². The number of nitrogens with zero attached hydrogens (tertiary/aromatic N) is 1. The van der Waals surface area contributed by atoms with Gasteiger partial charge < -0.3 is 0 Å². The highest BCUT2D eigenvalue weighted by atomic mass is 79.9. The number of aromatic nitrogens is 1. The molecule has 0 aliphatic rings. The first kappa shape index (κ1) is 11.9. The zero-order valence-electron chi connectivity index (χ0n) is 9.98. The van der Waals surface area contributed by atoms with Crippen LogP contribution in [0.3, 0.4) is 0 Å². The molecule has 18 heavy (non-hydrogen) atoms. The van der Waals surface area contributed by atoms with Crippen molar-refractivity contribution < 1.29 is 0 Å². The second-order valence-electron chi connectivity index (χ2n) is 4.29. The second-order valence-corrected chi connectivity index (χ2v) is 5.63. The minimum atomic E-state index is 0.828. The number of benzene rings is 1. The van der Waals surface area contributed by atoms with Gasteiger partial charge in [0.25, 0.3) is 0 Å². The molecule has 0 saturated carbocycles. The van der Waals surface area contributed by atoms with Crippen LogP contribution in [0.2, 0.25) is 0 Å². The van der Waals surface area contributed by atoms with Crippen LogP contribution in [0.4, 0.5) is 0 Å². The highest BCUT2D eigenvalue weighted by Gasteiger charge is 2.09. The maximum Gasteiger partial charge on any atom is 0.0758 e. The maximum atomic E-state index is 4.86. The summed E-state index contributed by atoms with van der Waals surface area (Å²) in [5.41, 5.74) is 5.87. The first-order valence-corrected chi connectivity index (χ1v) is 7.84. The van der Waals surface area contributed by atoms with E-state index in [1.165, 1.54) is 22.1 Å². The number of thiophene rings is 1. The van der Waals surface area contributed by atoms with Crippen LogP contribution in [-0.4, -0.2) is 4.98 Å². The normalized spacial score (nSPS) is 11.0. The molecule has 0 fully saturated rings. The molecule has 0 N–H and O–H groups in total. The van der Waals surface area contributed by atoms with Crippen LogP contribution in [0.5, 0.6) is 0 Å². The van der Waals surface area contributed by atoms with Crippen molar-refractivity contribution in [2.75, 3.05) is 0 Å². The summed E-state index contributed by atoms with van der Waals surface area (Å²) in [5, 5.41) is 6.29. The molecule has 0 amide bonds. The largest absolute Gasteiger partial charge is 0.247 e. The van der Waals surface area contributed by atoms with E-state index in [1.807, 2.05) is 0 Å². The monoisotopic (exact) mass is 317 g/mol. The third-order valence-electron chi connectivity index (χ3n) is 3.07. The Balaban J connectivity index is 2.33. The molecule has 0 aliphatic heterocycles. The van der Waals surface area contributed by atoms with E-state index >= 15 is 0 Å². The van der Waals surface area contributed by atoms with Gasteiger partial charge in [0.1, 0.15) is 0 Å². The SMILES string of the molecule is Cc1cccc2cc(CBr)c(-c3ccsc3)nc12. The lowest BCUT2D eigenvalue weighted by Gasteiger charge is -2.09. The van der Waals surface area contributed by atoms with Crippen molar-refractivity contribution in [3.8, 4) is 11.3 Å². The first-order chi connectivity index (χ1) is 8.79. The van der Waals surface area contributed by atoms with Crippen molar-refractivity contribution in [1.82, 2.24) is 4.98 Å². The molecule has 0 saturated heterocycles. The summed E-state index contributed by atoms with van der Waals surface area (Å²) in [5.74, 6) is 0. The Morgan fingerprint density at radius 2 is 2.17 bits per heavy atom. The zero-order valence-corrected chi connectivity index (χ0v) is 12.4. The fourth-order valence-electron chi connectivity index (χ4n) is 2.14. The molecule has 0 bridgehead atoms. The molecule has 3 aromatic rings. The predicted molar refractivity (Wildman–Crippen MR) is 82.4 cm³/mol. The fraction of sp³-hybridized carbons (Fsp3) is 0.133. The van der Waals surface area contributed by atoms with Gasteiger partial charge in [0.05, 0.1) is 11.2 Å². The summed E-state index contributed by atoms with van der Waals surface area (Å²) in [7, 11) is 0. The Hall–Kier alpha value is -1.19. The summed E-state index contributed by atoms with van der Waals surface area (Å²) in [6.07, 6.45) is 0. The van der Waals surface area contributed by atoms with Gasteiger partial charge in [0.15, 0.2) is 0 Å². The lowest BCUT2D eigenvalue weighted by molar-refractivity contribution is 1.30. The first-order valence-electron chi connectivity index (χ1n) is 5.77. The highest BCUT2D eigenvalue weighted by molar-refractivity contribution is 9.08. The maximum absolute atomic E-state index is 4.86.